The fourth-order valence-electron chi connectivity index (χ4n) is 3.08. The summed E-state index contributed by atoms with van der Waals surface area (Å²) in [5.74, 6) is -1.95. The van der Waals surface area contributed by atoms with Gasteiger partial charge in [0, 0.05) is 36.1 Å². The maximum atomic E-state index is 14.2. The summed E-state index contributed by atoms with van der Waals surface area (Å²) in [5, 5.41) is 0. The van der Waals surface area contributed by atoms with Crippen molar-refractivity contribution in [1.82, 2.24) is 9.55 Å². The number of nitrogens with zero attached hydrogens (tertiary/aromatic N) is 2. The van der Waals surface area contributed by atoms with Gasteiger partial charge in [-0.05, 0) is 37.3 Å². The summed E-state index contributed by atoms with van der Waals surface area (Å²) in [7, 11) is -2.07. The molecule has 0 unspecified atom stereocenters. The maximum Gasteiger partial charge on any atom is 0.280 e. The monoisotopic (exact) mass is 461 g/mol. The van der Waals surface area contributed by atoms with Crippen molar-refractivity contribution < 1.29 is 26.4 Å². The Balaban J connectivity index is 1.93. The van der Waals surface area contributed by atoms with E-state index in [2.05, 4.69) is 9.71 Å². The molecule has 0 aliphatic heterocycles. The van der Waals surface area contributed by atoms with Crippen molar-refractivity contribution in [1.29, 1.82) is 0 Å². The molecule has 0 fully saturated rings. The fourth-order valence-corrected chi connectivity index (χ4v) is 3.71. The number of aryl methyl sites for hydroxylation is 1. The normalized spacial score (nSPS) is 11.6. The van der Waals surface area contributed by atoms with Crippen LogP contribution in [-0.2, 0) is 17.1 Å². The first-order valence-electron chi connectivity index (χ1n) is 9.39. The number of aromatic nitrogens is 2. The standard InChI is InChI=1S/C21H17F2N3O5S/c1-3-32(28,29)25-13-5-7-17(31-18-6-4-12(22)8-16(18)23)14(9-13)15-10-26(2)21(27)19-20(15)30-11-24-19/h4-11,25H,3H2,1-2H3. The zero-order valence-electron chi connectivity index (χ0n) is 16.9. The molecule has 1 N–H and O–H groups in total. The van der Waals surface area contributed by atoms with Gasteiger partial charge in [0.15, 0.2) is 29.1 Å². The molecule has 0 atom stereocenters. The number of hydrogen-bond acceptors (Lipinski definition) is 6. The molecule has 0 bridgehead atoms. The van der Waals surface area contributed by atoms with Crippen LogP contribution in [0.3, 0.4) is 0 Å². The maximum absolute atomic E-state index is 14.2. The van der Waals surface area contributed by atoms with Crippen LogP contribution in [0.25, 0.3) is 22.2 Å². The molecular weight excluding hydrogens is 444 g/mol. The van der Waals surface area contributed by atoms with Crippen molar-refractivity contribution in [2.45, 2.75) is 6.92 Å². The van der Waals surface area contributed by atoms with Gasteiger partial charge in [-0.3, -0.25) is 9.52 Å². The summed E-state index contributed by atoms with van der Waals surface area (Å²) in [5.41, 5.74) is 0.677. The lowest BCUT2D eigenvalue weighted by molar-refractivity contribution is 0.439. The van der Waals surface area contributed by atoms with Crippen LogP contribution in [0.1, 0.15) is 6.92 Å². The molecule has 2 heterocycles. The Labute approximate surface area is 181 Å². The Morgan fingerprint density at radius 1 is 1.12 bits per heavy atom. The summed E-state index contributed by atoms with van der Waals surface area (Å²) in [6.45, 7) is 1.49. The van der Waals surface area contributed by atoms with Crippen LogP contribution in [-0.4, -0.2) is 23.7 Å². The van der Waals surface area contributed by atoms with E-state index in [0.717, 1.165) is 18.5 Å². The van der Waals surface area contributed by atoms with Gasteiger partial charge < -0.3 is 13.7 Å². The summed E-state index contributed by atoms with van der Waals surface area (Å²) < 4.78 is 66.4. The summed E-state index contributed by atoms with van der Waals surface area (Å²) in [6, 6.07) is 7.19. The van der Waals surface area contributed by atoms with Crippen molar-refractivity contribution in [3.8, 4) is 22.6 Å². The molecule has 0 aliphatic carbocycles. The first-order chi connectivity index (χ1) is 15.2. The van der Waals surface area contributed by atoms with Crippen LogP contribution in [0, 0.1) is 11.6 Å². The SMILES string of the molecule is CCS(=O)(=O)Nc1ccc(Oc2ccc(F)cc2F)c(-c2cn(C)c(=O)c3ncoc23)c1. The zero-order valence-corrected chi connectivity index (χ0v) is 17.7. The molecule has 0 amide bonds. The van der Waals surface area contributed by atoms with Gasteiger partial charge in [-0.2, -0.15) is 0 Å². The quantitative estimate of drug-likeness (QED) is 0.465. The van der Waals surface area contributed by atoms with Crippen molar-refractivity contribution in [3.63, 3.8) is 0 Å². The van der Waals surface area contributed by atoms with Crippen molar-refractivity contribution >= 4 is 26.8 Å². The van der Waals surface area contributed by atoms with Gasteiger partial charge in [-0.1, -0.05) is 0 Å². The predicted molar refractivity (Wildman–Crippen MR) is 114 cm³/mol. The van der Waals surface area contributed by atoms with E-state index in [-0.39, 0.29) is 34.0 Å². The van der Waals surface area contributed by atoms with Crippen molar-refractivity contribution in [2.75, 3.05) is 10.5 Å². The van der Waals surface area contributed by atoms with Crippen molar-refractivity contribution in [3.05, 3.63) is 71.0 Å². The third kappa shape index (κ3) is 4.06. The Morgan fingerprint density at radius 3 is 2.59 bits per heavy atom. The molecule has 4 aromatic rings. The second-order valence-corrected chi connectivity index (χ2v) is 8.89. The number of rotatable bonds is 6. The molecule has 32 heavy (non-hydrogen) atoms. The first-order valence-corrected chi connectivity index (χ1v) is 11.0. The number of anilines is 1. The molecule has 4 rings (SSSR count). The van der Waals surface area contributed by atoms with E-state index < -0.39 is 27.2 Å². The molecule has 11 heteroatoms. The van der Waals surface area contributed by atoms with Crippen molar-refractivity contribution in [2.24, 2.45) is 7.05 Å². The molecule has 0 saturated carbocycles. The average molecular weight is 461 g/mol. The smallest absolute Gasteiger partial charge is 0.280 e. The minimum absolute atomic E-state index is 0.0588. The Hall–Kier alpha value is -3.73. The molecule has 166 valence electrons. The number of oxazole rings is 1. The van der Waals surface area contributed by atoms with Crippen LogP contribution in [0.5, 0.6) is 11.5 Å². The molecule has 0 aliphatic rings. The van der Waals surface area contributed by atoms with E-state index in [4.69, 9.17) is 9.15 Å². The van der Waals surface area contributed by atoms with Crippen LogP contribution in [0.2, 0.25) is 0 Å². The van der Waals surface area contributed by atoms with Gasteiger partial charge in [0.05, 0.1) is 5.75 Å². The van der Waals surface area contributed by atoms with Gasteiger partial charge in [0.1, 0.15) is 11.6 Å². The van der Waals surface area contributed by atoms with E-state index in [1.54, 1.807) is 0 Å². The van der Waals surface area contributed by atoms with E-state index in [1.165, 1.54) is 42.9 Å². The number of sulfonamides is 1. The Bertz CT molecular complexity index is 1500. The van der Waals surface area contributed by atoms with Gasteiger partial charge >= 0.3 is 0 Å². The minimum Gasteiger partial charge on any atom is -0.454 e. The van der Waals surface area contributed by atoms with Gasteiger partial charge in [0.25, 0.3) is 5.56 Å². The van der Waals surface area contributed by atoms with E-state index >= 15 is 0 Å². The van der Waals surface area contributed by atoms with Gasteiger partial charge in [-0.25, -0.2) is 22.2 Å². The number of hydrogen-bond donors (Lipinski definition) is 1. The highest BCUT2D eigenvalue weighted by molar-refractivity contribution is 7.92. The summed E-state index contributed by atoms with van der Waals surface area (Å²) in [4.78, 5) is 16.3. The number of halogens is 2. The summed E-state index contributed by atoms with van der Waals surface area (Å²) in [6.07, 6.45) is 2.58. The van der Waals surface area contributed by atoms with Crippen LogP contribution >= 0.6 is 0 Å². The van der Waals surface area contributed by atoms with Gasteiger partial charge in [-0.15, -0.1) is 0 Å². The largest absolute Gasteiger partial charge is 0.454 e. The number of ether oxygens (including phenoxy) is 1. The van der Waals surface area contributed by atoms with E-state index in [1.807, 2.05) is 0 Å². The Kier molecular flexibility index (Phi) is 5.43. The second-order valence-electron chi connectivity index (χ2n) is 6.88. The number of nitrogens with one attached hydrogen (secondary N) is 1. The minimum atomic E-state index is -3.58. The van der Waals surface area contributed by atoms with E-state index in [0.29, 0.717) is 17.2 Å². The molecule has 0 saturated heterocycles. The highest BCUT2D eigenvalue weighted by Gasteiger charge is 2.20. The third-order valence-corrected chi connectivity index (χ3v) is 6.00. The van der Waals surface area contributed by atoms with Gasteiger partial charge in [0.2, 0.25) is 10.0 Å². The lowest BCUT2D eigenvalue weighted by atomic mass is 10.0. The number of benzene rings is 2. The predicted octanol–water partition coefficient (Wildman–Crippen LogP) is 4.03. The topological polar surface area (TPSA) is 103 Å². The van der Waals surface area contributed by atoms with Crippen LogP contribution < -0.4 is 15.0 Å². The molecule has 2 aromatic carbocycles. The molecule has 0 spiro atoms. The lowest BCUT2D eigenvalue weighted by Crippen LogP contribution is -2.17. The average Bonchev–Trinajstić information content (AvgIpc) is 3.24. The van der Waals surface area contributed by atoms with E-state index in [9.17, 15) is 22.0 Å². The van der Waals surface area contributed by atoms with Crippen LogP contribution in [0.15, 0.2) is 58.2 Å². The highest BCUT2D eigenvalue weighted by Crippen LogP contribution is 2.39. The molecule has 2 aromatic heterocycles. The highest BCUT2D eigenvalue weighted by atomic mass is 32.2. The van der Waals surface area contributed by atoms with Crippen LogP contribution in [0.4, 0.5) is 14.5 Å². The first kappa shape index (κ1) is 21.5. The number of fused-ring (bicyclic) bond motifs is 1. The third-order valence-electron chi connectivity index (χ3n) is 4.69. The second kappa shape index (κ2) is 8.08. The molecule has 0 radical (unpaired) electrons. The lowest BCUT2D eigenvalue weighted by Gasteiger charge is -2.15. The number of pyridine rings is 1. The molecular formula is C21H17F2N3O5S. The molecule has 8 nitrogen and oxygen atoms in total. The fraction of sp³-hybridized carbons (Fsp3) is 0.143. The summed E-state index contributed by atoms with van der Waals surface area (Å²) >= 11 is 0. The Morgan fingerprint density at radius 2 is 1.88 bits per heavy atom. The zero-order chi connectivity index (χ0) is 23.0.